The van der Waals surface area contributed by atoms with Crippen molar-refractivity contribution in [3.63, 3.8) is 0 Å². The summed E-state index contributed by atoms with van der Waals surface area (Å²) in [7, 11) is 0. The van der Waals surface area contributed by atoms with Crippen LogP contribution in [-0.4, -0.2) is 29.4 Å². The van der Waals surface area contributed by atoms with Crippen molar-refractivity contribution >= 4 is 5.91 Å². The molecule has 1 saturated carbocycles. The first-order valence-electron chi connectivity index (χ1n) is 7.65. The highest BCUT2D eigenvalue weighted by molar-refractivity contribution is 5.82. The van der Waals surface area contributed by atoms with Gasteiger partial charge >= 0.3 is 0 Å². The summed E-state index contributed by atoms with van der Waals surface area (Å²) >= 11 is 0. The molecule has 1 amide bonds. The molecule has 1 aliphatic carbocycles. The van der Waals surface area contributed by atoms with E-state index in [9.17, 15) is 4.79 Å². The minimum atomic E-state index is -0.285. The number of hydrogen-bond donors (Lipinski definition) is 1. The standard InChI is InChI=1S/C15H28N2O/c1-11(2)10-13(16)15(18)17-9-5-8-14(17)12-6-3-4-7-12/h11-14H,3-10,16H2,1-2H3/t13-,14?/m1/s1. The lowest BCUT2D eigenvalue weighted by molar-refractivity contribution is -0.134. The Hall–Kier alpha value is -0.570. The lowest BCUT2D eigenvalue weighted by Crippen LogP contribution is -2.48. The van der Waals surface area contributed by atoms with Gasteiger partial charge in [-0.05, 0) is 43.9 Å². The average Bonchev–Trinajstić information content (AvgIpc) is 2.97. The molecule has 2 rings (SSSR count). The van der Waals surface area contributed by atoms with Crippen LogP contribution in [0, 0.1) is 11.8 Å². The number of nitrogens with two attached hydrogens (primary N) is 1. The van der Waals surface area contributed by atoms with Crippen LogP contribution < -0.4 is 5.73 Å². The van der Waals surface area contributed by atoms with Crippen LogP contribution in [-0.2, 0) is 4.79 Å². The molecule has 2 N–H and O–H groups in total. The molecule has 2 aliphatic rings. The van der Waals surface area contributed by atoms with E-state index in [0.29, 0.717) is 12.0 Å². The van der Waals surface area contributed by atoms with E-state index in [1.807, 2.05) is 0 Å². The number of likely N-dealkylation sites (tertiary alicyclic amines) is 1. The van der Waals surface area contributed by atoms with Crippen molar-refractivity contribution in [2.75, 3.05) is 6.54 Å². The molecule has 0 aromatic heterocycles. The molecule has 2 atom stereocenters. The third-order valence-electron chi connectivity index (χ3n) is 4.57. The second-order valence-electron chi connectivity index (χ2n) is 6.52. The van der Waals surface area contributed by atoms with Gasteiger partial charge in [-0.2, -0.15) is 0 Å². The lowest BCUT2D eigenvalue weighted by Gasteiger charge is -2.31. The fraction of sp³-hybridized carbons (Fsp3) is 0.933. The minimum Gasteiger partial charge on any atom is -0.338 e. The zero-order valence-corrected chi connectivity index (χ0v) is 11.9. The Labute approximate surface area is 111 Å². The molecule has 0 aromatic carbocycles. The molecular formula is C15H28N2O. The highest BCUT2D eigenvalue weighted by atomic mass is 16.2. The van der Waals surface area contributed by atoms with Gasteiger partial charge in [0.15, 0.2) is 0 Å². The van der Waals surface area contributed by atoms with Crippen molar-refractivity contribution in [1.29, 1.82) is 0 Å². The predicted octanol–water partition coefficient (Wildman–Crippen LogP) is 2.54. The number of carbonyl (C=O) groups is 1. The van der Waals surface area contributed by atoms with Crippen LogP contribution in [0.5, 0.6) is 0 Å². The van der Waals surface area contributed by atoms with Crippen molar-refractivity contribution in [2.45, 2.75) is 70.9 Å². The minimum absolute atomic E-state index is 0.207. The van der Waals surface area contributed by atoms with Gasteiger partial charge in [-0.3, -0.25) is 4.79 Å². The van der Waals surface area contributed by atoms with Gasteiger partial charge in [-0.1, -0.05) is 26.7 Å². The second-order valence-corrected chi connectivity index (χ2v) is 6.52. The molecule has 1 heterocycles. The molecule has 1 unspecified atom stereocenters. The summed E-state index contributed by atoms with van der Waals surface area (Å²) in [6.45, 7) is 5.20. The zero-order chi connectivity index (χ0) is 13.1. The first-order valence-corrected chi connectivity index (χ1v) is 7.65. The van der Waals surface area contributed by atoms with E-state index in [0.717, 1.165) is 18.9 Å². The summed E-state index contributed by atoms with van der Waals surface area (Å²) in [5.74, 6) is 1.46. The summed E-state index contributed by atoms with van der Waals surface area (Å²) in [5, 5.41) is 0. The fourth-order valence-electron chi connectivity index (χ4n) is 3.72. The number of rotatable bonds is 4. The Morgan fingerprint density at radius 1 is 1.22 bits per heavy atom. The van der Waals surface area contributed by atoms with Gasteiger partial charge in [0.1, 0.15) is 0 Å². The van der Waals surface area contributed by atoms with Gasteiger partial charge in [0.2, 0.25) is 5.91 Å². The van der Waals surface area contributed by atoms with Gasteiger partial charge < -0.3 is 10.6 Å². The van der Waals surface area contributed by atoms with Crippen molar-refractivity contribution in [2.24, 2.45) is 17.6 Å². The van der Waals surface area contributed by atoms with Crippen LogP contribution in [0.25, 0.3) is 0 Å². The largest absolute Gasteiger partial charge is 0.338 e. The van der Waals surface area contributed by atoms with Crippen LogP contribution in [0.1, 0.15) is 58.8 Å². The molecule has 104 valence electrons. The highest BCUT2D eigenvalue weighted by Gasteiger charge is 2.37. The summed E-state index contributed by atoms with van der Waals surface area (Å²) in [4.78, 5) is 14.6. The third kappa shape index (κ3) is 3.05. The van der Waals surface area contributed by atoms with E-state index in [1.54, 1.807) is 0 Å². The lowest BCUT2D eigenvalue weighted by atomic mass is 9.95. The fourth-order valence-corrected chi connectivity index (χ4v) is 3.72. The number of hydrogen-bond acceptors (Lipinski definition) is 2. The van der Waals surface area contributed by atoms with Gasteiger partial charge in [-0.25, -0.2) is 0 Å². The smallest absolute Gasteiger partial charge is 0.239 e. The molecule has 1 aliphatic heterocycles. The van der Waals surface area contributed by atoms with E-state index < -0.39 is 0 Å². The SMILES string of the molecule is CC(C)C[C@@H](N)C(=O)N1CCCC1C1CCCC1. The van der Waals surface area contributed by atoms with Crippen LogP contribution in [0.3, 0.4) is 0 Å². The Bertz CT molecular complexity index is 284. The molecule has 18 heavy (non-hydrogen) atoms. The Kier molecular flexibility index (Phi) is 4.66. The number of nitrogens with zero attached hydrogens (tertiary/aromatic N) is 1. The van der Waals surface area contributed by atoms with Gasteiger partial charge in [0.05, 0.1) is 6.04 Å². The van der Waals surface area contributed by atoms with Crippen LogP contribution in [0.15, 0.2) is 0 Å². The third-order valence-corrected chi connectivity index (χ3v) is 4.57. The van der Waals surface area contributed by atoms with Gasteiger partial charge in [0.25, 0.3) is 0 Å². The van der Waals surface area contributed by atoms with Crippen LogP contribution in [0.4, 0.5) is 0 Å². The maximum absolute atomic E-state index is 12.4. The van der Waals surface area contributed by atoms with Crippen molar-refractivity contribution in [1.82, 2.24) is 4.90 Å². The van der Waals surface area contributed by atoms with Crippen molar-refractivity contribution in [3.05, 3.63) is 0 Å². The van der Waals surface area contributed by atoms with Crippen molar-refractivity contribution < 1.29 is 4.79 Å². The van der Waals surface area contributed by atoms with Gasteiger partial charge in [-0.15, -0.1) is 0 Å². The van der Waals surface area contributed by atoms with E-state index in [4.69, 9.17) is 5.73 Å². The van der Waals surface area contributed by atoms with Gasteiger partial charge in [0, 0.05) is 12.6 Å². The van der Waals surface area contributed by atoms with Crippen molar-refractivity contribution in [3.8, 4) is 0 Å². The molecule has 0 bridgehead atoms. The molecule has 0 spiro atoms. The average molecular weight is 252 g/mol. The Balaban J connectivity index is 1.95. The molecular weight excluding hydrogens is 224 g/mol. The summed E-state index contributed by atoms with van der Waals surface area (Å²) < 4.78 is 0. The zero-order valence-electron chi connectivity index (χ0n) is 11.9. The second kappa shape index (κ2) is 6.05. The molecule has 3 nitrogen and oxygen atoms in total. The first-order chi connectivity index (χ1) is 8.59. The monoisotopic (exact) mass is 252 g/mol. The Morgan fingerprint density at radius 3 is 2.50 bits per heavy atom. The van der Waals surface area contributed by atoms with Crippen LogP contribution in [0.2, 0.25) is 0 Å². The molecule has 3 heteroatoms. The topological polar surface area (TPSA) is 46.3 Å². The first kappa shape index (κ1) is 13.9. The molecule has 1 saturated heterocycles. The van der Waals surface area contributed by atoms with Crippen LogP contribution >= 0.6 is 0 Å². The Morgan fingerprint density at radius 2 is 1.89 bits per heavy atom. The quantitative estimate of drug-likeness (QED) is 0.835. The molecule has 0 aromatic rings. The maximum atomic E-state index is 12.4. The normalized spacial score (nSPS) is 27.1. The highest BCUT2D eigenvalue weighted by Crippen LogP contribution is 2.35. The maximum Gasteiger partial charge on any atom is 0.239 e. The predicted molar refractivity (Wildman–Crippen MR) is 74.1 cm³/mol. The summed E-state index contributed by atoms with van der Waals surface area (Å²) in [6, 6.07) is 0.213. The number of amides is 1. The number of carbonyl (C=O) groups excluding carboxylic acids is 1. The summed E-state index contributed by atoms with van der Waals surface area (Å²) in [6.07, 6.45) is 8.50. The van der Waals surface area contributed by atoms with E-state index in [1.165, 1.54) is 38.5 Å². The van der Waals surface area contributed by atoms with E-state index in [2.05, 4.69) is 18.7 Å². The molecule has 0 radical (unpaired) electrons. The summed E-state index contributed by atoms with van der Waals surface area (Å²) in [5.41, 5.74) is 6.07. The van der Waals surface area contributed by atoms with E-state index >= 15 is 0 Å². The molecule has 2 fully saturated rings. The van der Waals surface area contributed by atoms with E-state index in [-0.39, 0.29) is 11.9 Å².